The van der Waals surface area contributed by atoms with Crippen molar-refractivity contribution in [2.24, 2.45) is 11.8 Å². The molecule has 2 fully saturated rings. The van der Waals surface area contributed by atoms with E-state index in [4.69, 9.17) is 0 Å². The summed E-state index contributed by atoms with van der Waals surface area (Å²) in [5.74, 6) is 1.34. The highest BCUT2D eigenvalue weighted by Crippen LogP contribution is 2.32. The largest absolute Gasteiger partial charge is 0.393 e. The van der Waals surface area contributed by atoms with Crippen molar-refractivity contribution >= 4 is 0 Å². The van der Waals surface area contributed by atoms with Gasteiger partial charge in [-0.15, -0.1) is 0 Å². The maximum absolute atomic E-state index is 10.3. The second-order valence-corrected chi connectivity index (χ2v) is 7.00. The second kappa shape index (κ2) is 6.55. The van der Waals surface area contributed by atoms with Crippen LogP contribution in [0.15, 0.2) is 0 Å². The van der Waals surface area contributed by atoms with E-state index in [1.807, 2.05) is 0 Å². The third-order valence-corrected chi connectivity index (χ3v) is 5.56. The maximum Gasteiger partial charge on any atom is 0.0580 e. The van der Waals surface area contributed by atoms with Gasteiger partial charge in [0, 0.05) is 31.7 Å². The molecule has 1 saturated carbocycles. The van der Waals surface area contributed by atoms with E-state index in [1.165, 1.54) is 19.3 Å². The molecule has 19 heavy (non-hydrogen) atoms. The fraction of sp³-hybridized carbons (Fsp3) is 1.00. The van der Waals surface area contributed by atoms with Crippen LogP contribution in [-0.2, 0) is 0 Å². The van der Waals surface area contributed by atoms with Crippen molar-refractivity contribution in [3.05, 3.63) is 0 Å². The Hall–Kier alpha value is -0.120. The minimum atomic E-state index is -0.0620. The minimum absolute atomic E-state index is 0.0620. The number of likely N-dealkylation sites (N-methyl/N-ethyl adjacent to an activating group) is 1. The molecule has 1 heterocycles. The molecule has 2 rings (SSSR count). The lowest BCUT2D eigenvalue weighted by molar-refractivity contribution is -0.00156. The molecule has 0 amide bonds. The van der Waals surface area contributed by atoms with Crippen molar-refractivity contribution in [3.63, 3.8) is 0 Å². The minimum Gasteiger partial charge on any atom is -0.393 e. The zero-order valence-corrected chi connectivity index (χ0v) is 13.2. The number of hydrogen-bond acceptors (Lipinski definition) is 3. The van der Waals surface area contributed by atoms with E-state index in [0.717, 1.165) is 32.0 Å². The van der Waals surface area contributed by atoms with Crippen molar-refractivity contribution in [2.75, 3.05) is 26.7 Å². The normalized spacial score (nSPS) is 42.5. The first-order valence-electron chi connectivity index (χ1n) is 8.13. The van der Waals surface area contributed by atoms with Gasteiger partial charge in [-0.2, -0.15) is 0 Å². The summed E-state index contributed by atoms with van der Waals surface area (Å²) in [5, 5.41) is 10.3. The second-order valence-electron chi connectivity index (χ2n) is 7.00. The zero-order valence-electron chi connectivity index (χ0n) is 13.2. The van der Waals surface area contributed by atoms with Gasteiger partial charge < -0.3 is 5.11 Å². The fourth-order valence-corrected chi connectivity index (χ4v) is 3.91. The Morgan fingerprint density at radius 3 is 2.32 bits per heavy atom. The van der Waals surface area contributed by atoms with E-state index in [1.54, 1.807) is 0 Å². The Morgan fingerprint density at radius 2 is 1.74 bits per heavy atom. The summed E-state index contributed by atoms with van der Waals surface area (Å²) in [7, 11) is 2.23. The van der Waals surface area contributed by atoms with E-state index in [2.05, 4.69) is 37.6 Å². The van der Waals surface area contributed by atoms with Gasteiger partial charge in [0.2, 0.25) is 0 Å². The van der Waals surface area contributed by atoms with Crippen molar-refractivity contribution < 1.29 is 5.11 Å². The van der Waals surface area contributed by atoms with Crippen LogP contribution in [0.2, 0.25) is 0 Å². The standard InChI is InChI=1S/C16H32N2O/c1-5-14-6-7-16(19)15(8-14)11-18-9-12(2)17(4)13(3)10-18/h12-16,19H,5-11H2,1-4H3. The molecule has 3 heteroatoms. The van der Waals surface area contributed by atoms with Crippen LogP contribution < -0.4 is 0 Å². The van der Waals surface area contributed by atoms with Gasteiger partial charge in [0.1, 0.15) is 0 Å². The number of piperazine rings is 1. The number of aliphatic hydroxyl groups is 1. The molecule has 112 valence electrons. The number of aliphatic hydroxyl groups excluding tert-OH is 1. The molecule has 1 aliphatic carbocycles. The molecule has 1 aliphatic heterocycles. The SMILES string of the molecule is CCC1CCC(O)C(CN2CC(C)N(C)C(C)C2)C1. The molecule has 5 unspecified atom stereocenters. The Kier molecular flexibility index (Phi) is 5.27. The average molecular weight is 268 g/mol. The smallest absolute Gasteiger partial charge is 0.0580 e. The van der Waals surface area contributed by atoms with Crippen LogP contribution in [0.4, 0.5) is 0 Å². The molecule has 0 bridgehead atoms. The summed E-state index contributed by atoms with van der Waals surface area (Å²) in [5.41, 5.74) is 0. The lowest BCUT2D eigenvalue weighted by Crippen LogP contribution is -2.56. The lowest BCUT2D eigenvalue weighted by Gasteiger charge is -2.45. The van der Waals surface area contributed by atoms with Crippen LogP contribution >= 0.6 is 0 Å². The van der Waals surface area contributed by atoms with E-state index in [0.29, 0.717) is 18.0 Å². The van der Waals surface area contributed by atoms with Crippen molar-refractivity contribution in [1.82, 2.24) is 9.80 Å². The molecular weight excluding hydrogens is 236 g/mol. The van der Waals surface area contributed by atoms with Gasteiger partial charge in [-0.05, 0) is 52.0 Å². The first-order chi connectivity index (χ1) is 9.01. The van der Waals surface area contributed by atoms with E-state index in [9.17, 15) is 5.11 Å². The predicted molar refractivity (Wildman–Crippen MR) is 80.3 cm³/mol. The molecule has 0 aromatic rings. The molecule has 0 aromatic carbocycles. The fourth-order valence-electron chi connectivity index (χ4n) is 3.91. The van der Waals surface area contributed by atoms with Crippen molar-refractivity contribution in [3.8, 4) is 0 Å². The van der Waals surface area contributed by atoms with Crippen LogP contribution in [0.1, 0.15) is 46.5 Å². The van der Waals surface area contributed by atoms with Crippen LogP contribution in [0, 0.1) is 11.8 Å². The van der Waals surface area contributed by atoms with Gasteiger partial charge in [0.05, 0.1) is 6.10 Å². The summed E-state index contributed by atoms with van der Waals surface area (Å²) < 4.78 is 0. The predicted octanol–water partition coefficient (Wildman–Crippen LogP) is 2.20. The zero-order chi connectivity index (χ0) is 14.0. The average Bonchev–Trinajstić information content (AvgIpc) is 2.38. The van der Waals surface area contributed by atoms with Gasteiger partial charge in [-0.3, -0.25) is 9.80 Å². The highest BCUT2D eigenvalue weighted by molar-refractivity contribution is 4.87. The van der Waals surface area contributed by atoms with Crippen LogP contribution in [-0.4, -0.2) is 59.8 Å². The molecular formula is C16H32N2O. The number of nitrogens with zero attached hydrogens (tertiary/aromatic N) is 2. The summed E-state index contributed by atoms with van der Waals surface area (Å²) in [6.45, 7) is 10.3. The third-order valence-electron chi connectivity index (χ3n) is 5.56. The number of rotatable bonds is 3. The molecule has 5 atom stereocenters. The quantitative estimate of drug-likeness (QED) is 0.850. The van der Waals surface area contributed by atoms with Crippen molar-refractivity contribution in [1.29, 1.82) is 0 Å². The Balaban J connectivity index is 1.89. The Morgan fingerprint density at radius 1 is 1.11 bits per heavy atom. The van der Waals surface area contributed by atoms with Crippen LogP contribution in [0.3, 0.4) is 0 Å². The monoisotopic (exact) mass is 268 g/mol. The van der Waals surface area contributed by atoms with E-state index >= 15 is 0 Å². The van der Waals surface area contributed by atoms with Gasteiger partial charge in [0.15, 0.2) is 0 Å². The highest BCUT2D eigenvalue weighted by Gasteiger charge is 2.33. The maximum atomic E-state index is 10.3. The van der Waals surface area contributed by atoms with E-state index in [-0.39, 0.29) is 6.10 Å². The summed E-state index contributed by atoms with van der Waals surface area (Å²) in [6.07, 6.45) is 4.69. The molecule has 1 N–H and O–H groups in total. The number of hydrogen-bond donors (Lipinski definition) is 1. The van der Waals surface area contributed by atoms with Crippen LogP contribution in [0.25, 0.3) is 0 Å². The molecule has 0 radical (unpaired) electrons. The molecule has 3 nitrogen and oxygen atoms in total. The highest BCUT2D eigenvalue weighted by atomic mass is 16.3. The third kappa shape index (κ3) is 3.71. The molecule has 0 spiro atoms. The van der Waals surface area contributed by atoms with Gasteiger partial charge in [-0.1, -0.05) is 13.3 Å². The lowest BCUT2D eigenvalue weighted by atomic mass is 9.78. The topological polar surface area (TPSA) is 26.7 Å². The first kappa shape index (κ1) is 15.3. The molecule has 0 aromatic heterocycles. The molecule has 2 aliphatic rings. The summed E-state index contributed by atoms with van der Waals surface area (Å²) >= 11 is 0. The molecule has 1 saturated heterocycles. The summed E-state index contributed by atoms with van der Waals surface area (Å²) in [4.78, 5) is 5.06. The van der Waals surface area contributed by atoms with Gasteiger partial charge >= 0.3 is 0 Å². The van der Waals surface area contributed by atoms with E-state index < -0.39 is 0 Å². The van der Waals surface area contributed by atoms with Gasteiger partial charge in [0.25, 0.3) is 0 Å². The first-order valence-corrected chi connectivity index (χ1v) is 8.13. The summed E-state index contributed by atoms with van der Waals surface area (Å²) in [6, 6.07) is 1.26. The Bertz CT molecular complexity index is 272. The van der Waals surface area contributed by atoms with Gasteiger partial charge in [-0.25, -0.2) is 0 Å². The van der Waals surface area contributed by atoms with Crippen LogP contribution in [0.5, 0.6) is 0 Å². The Labute approximate surface area is 119 Å². The van der Waals surface area contributed by atoms with Crippen molar-refractivity contribution in [2.45, 2.75) is 64.6 Å².